The number of aliphatic carboxylic acids is 1. The van der Waals surface area contributed by atoms with Gasteiger partial charge in [0.1, 0.15) is 17.7 Å². The van der Waals surface area contributed by atoms with E-state index in [1.54, 1.807) is 6.07 Å². The predicted octanol–water partition coefficient (Wildman–Crippen LogP) is -0.476. The maximum Gasteiger partial charge on any atom is 0.326 e. The van der Waals surface area contributed by atoms with E-state index in [0.717, 1.165) is 11.1 Å². The highest BCUT2D eigenvalue weighted by Gasteiger charge is 2.21. The number of amides is 2. The average molecular weight is 328 g/mol. The van der Waals surface area contributed by atoms with Crippen LogP contribution in [0.25, 0.3) is 0 Å². The smallest absolute Gasteiger partial charge is 0.326 e. The lowest BCUT2D eigenvalue weighted by molar-refractivity contribution is -0.141. The normalized spacial score (nSPS) is 12.1. The summed E-state index contributed by atoms with van der Waals surface area (Å²) in [6, 6.07) is 0.584. The van der Waals surface area contributed by atoms with Gasteiger partial charge in [0.05, 0.1) is 0 Å². The lowest BCUT2D eigenvalue weighted by Gasteiger charge is -2.15. The number of hydrogen-bond donors (Lipinski definition) is 3. The zero-order chi connectivity index (χ0) is 17.0. The second-order valence-electron chi connectivity index (χ2n) is 4.29. The summed E-state index contributed by atoms with van der Waals surface area (Å²) in [6.45, 7) is 0.634. The van der Waals surface area contributed by atoms with Gasteiger partial charge in [-0.25, -0.2) is 4.79 Å². The van der Waals surface area contributed by atoms with Crippen molar-refractivity contribution in [3.8, 4) is 6.07 Å². The fourth-order valence-corrected chi connectivity index (χ4v) is 1.93. The van der Waals surface area contributed by atoms with Gasteiger partial charge in [0.15, 0.2) is 0 Å². The first-order valence-corrected chi connectivity index (χ1v) is 7.95. The fraction of sp³-hybridized carbons (Fsp3) is 0.538. The Hall–Kier alpha value is -2.05. The quantitative estimate of drug-likeness (QED) is 0.265. The second kappa shape index (κ2) is 11.6. The summed E-state index contributed by atoms with van der Waals surface area (Å²) in [5.41, 5.74) is 4.99. The minimum absolute atomic E-state index is 0.242. The Kier molecular flexibility index (Phi) is 10.5. The van der Waals surface area contributed by atoms with Gasteiger partial charge in [0.25, 0.3) is 5.91 Å². The molecule has 0 aromatic carbocycles. The molecular formula is C13H20N4O4S. The van der Waals surface area contributed by atoms with E-state index in [1.807, 2.05) is 6.26 Å². The number of carbonyl (C=O) groups is 3. The van der Waals surface area contributed by atoms with Crippen LogP contribution in [0.1, 0.15) is 12.8 Å². The molecule has 0 aromatic heterocycles. The number of carbonyl (C=O) groups excluding carboxylic acids is 2. The van der Waals surface area contributed by atoms with Crippen LogP contribution in [0.3, 0.4) is 0 Å². The molecule has 0 spiro atoms. The van der Waals surface area contributed by atoms with E-state index in [2.05, 4.69) is 5.32 Å². The lowest BCUT2D eigenvalue weighted by Crippen LogP contribution is -2.42. The Morgan fingerprint density at radius 3 is 2.68 bits per heavy atom. The van der Waals surface area contributed by atoms with Crippen LogP contribution in [-0.4, -0.2) is 59.4 Å². The molecule has 0 saturated heterocycles. The number of thioether (sulfide) groups is 1. The highest BCUT2D eigenvalue weighted by molar-refractivity contribution is 7.98. The molecule has 0 radical (unpaired) electrons. The van der Waals surface area contributed by atoms with Crippen LogP contribution in [0.5, 0.6) is 0 Å². The van der Waals surface area contributed by atoms with Crippen LogP contribution in [-0.2, 0) is 14.4 Å². The molecule has 2 amide bonds. The molecule has 0 bridgehead atoms. The molecule has 0 aromatic rings. The van der Waals surface area contributed by atoms with E-state index in [4.69, 9.17) is 16.1 Å². The van der Waals surface area contributed by atoms with E-state index in [0.29, 0.717) is 25.1 Å². The van der Waals surface area contributed by atoms with Crippen molar-refractivity contribution in [1.82, 2.24) is 10.2 Å². The van der Waals surface area contributed by atoms with Crippen LogP contribution in [0.4, 0.5) is 0 Å². The average Bonchev–Trinajstić information content (AvgIpc) is 2.51. The van der Waals surface area contributed by atoms with E-state index < -0.39 is 17.9 Å². The van der Waals surface area contributed by atoms with Gasteiger partial charge in [-0.3, -0.25) is 9.59 Å². The molecule has 9 heteroatoms. The van der Waals surface area contributed by atoms with Gasteiger partial charge in [-0.2, -0.15) is 17.0 Å². The van der Waals surface area contributed by atoms with Crippen molar-refractivity contribution < 1.29 is 19.5 Å². The van der Waals surface area contributed by atoms with Gasteiger partial charge in [0.2, 0.25) is 6.41 Å². The van der Waals surface area contributed by atoms with Crippen LogP contribution < -0.4 is 11.1 Å². The van der Waals surface area contributed by atoms with Crippen LogP contribution >= 0.6 is 11.8 Å². The summed E-state index contributed by atoms with van der Waals surface area (Å²) in [7, 11) is 0. The monoisotopic (exact) mass is 328 g/mol. The first kappa shape index (κ1) is 19.9. The molecule has 0 fully saturated rings. The number of carboxylic acid groups (broad SMARTS) is 1. The van der Waals surface area contributed by atoms with Crippen molar-refractivity contribution in [3.63, 3.8) is 0 Å². The molecule has 1 unspecified atom stereocenters. The van der Waals surface area contributed by atoms with Crippen molar-refractivity contribution in [1.29, 1.82) is 5.26 Å². The zero-order valence-corrected chi connectivity index (χ0v) is 13.1. The minimum atomic E-state index is -1.17. The maximum atomic E-state index is 11.9. The Morgan fingerprint density at radius 2 is 2.23 bits per heavy atom. The van der Waals surface area contributed by atoms with Crippen molar-refractivity contribution >= 4 is 30.0 Å². The van der Waals surface area contributed by atoms with Gasteiger partial charge < -0.3 is 21.1 Å². The highest BCUT2D eigenvalue weighted by atomic mass is 32.2. The van der Waals surface area contributed by atoms with Gasteiger partial charge in [0, 0.05) is 12.7 Å². The first-order chi connectivity index (χ1) is 10.5. The Balaban J connectivity index is 4.91. The predicted molar refractivity (Wildman–Crippen MR) is 82.7 cm³/mol. The number of nitriles is 1. The van der Waals surface area contributed by atoms with E-state index in [-0.39, 0.29) is 18.5 Å². The molecular weight excluding hydrogens is 308 g/mol. The van der Waals surface area contributed by atoms with Crippen LogP contribution in [0, 0.1) is 11.3 Å². The SMILES string of the molecule is CSCCC(NC(=O)/C(C#N)=C\N(C=O)CCCN)C(=O)O. The van der Waals surface area contributed by atoms with Gasteiger partial charge in [-0.15, -0.1) is 0 Å². The lowest BCUT2D eigenvalue weighted by atomic mass is 10.2. The number of hydrogen-bond acceptors (Lipinski definition) is 6. The third kappa shape index (κ3) is 7.66. The summed E-state index contributed by atoms with van der Waals surface area (Å²) in [5.74, 6) is -1.44. The molecule has 122 valence electrons. The number of nitrogens with zero attached hydrogens (tertiary/aromatic N) is 2. The standard InChI is InChI=1S/C13H20N4O4S/c1-22-6-3-11(13(20)21)16-12(19)10(7-15)8-17(9-18)5-2-4-14/h8-9,11H,2-6,14H2,1H3,(H,16,19)(H,20,21)/b10-8-. The summed E-state index contributed by atoms with van der Waals surface area (Å²) in [6.07, 6.45) is 4.14. The zero-order valence-electron chi connectivity index (χ0n) is 12.3. The topological polar surface area (TPSA) is 137 Å². The second-order valence-corrected chi connectivity index (χ2v) is 5.27. The summed E-state index contributed by atoms with van der Waals surface area (Å²) in [5, 5.41) is 20.3. The molecule has 0 aliphatic rings. The first-order valence-electron chi connectivity index (χ1n) is 6.55. The largest absolute Gasteiger partial charge is 0.480 e. The highest BCUT2D eigenvalue weighted by Crippen LogP contribution is 2.04. The molecule has 1 atom stereocenters. The van der Waals surface area contributed by atoms with Gasteiger partial charge in [-0.1, -0.05) is 0 Å². The molecule has 4 N–H and O–H groups in total. The molecule has 0 saturated carbocycles. The molecule has 8 nitrogen and oxygen atoms in total. The van der Waals surface area contributed by atoms with E-state index in [9.17, 15) is 14.4 Å². The van der Waals surface area contributed by atoms with Crippen LogP contribution in [0.2, 0.25) is 0 Å². The van der Waals surface area contributed by atoms with E-state index in [1.165, 1.54) is 11.8 Å². The third-order valence-corrected chi connectivity index (χ3v) is 3.27. The Bertz CT molecular complexity index is 461. The Labute approximate surface area is 133 Å². The van der Waals surface area contributed by atoms with Crippen LogP contribution in [0.15, 0.2) is 11.8 Å². The summed E-state index contributed by atoms with van der Waals surface area (Å²) >= 11 is 1.45. The molecule has 0 aliphatic carbocycles. The molecule has 0 heterocycles. The fourth-order valence-electron chi connectivity index (χ4n) is 1.45. The van der Waals surface area contributed by atoms with Crippen molar-refractivity contribution in [3.05, 3.63) is 11.8 Å². The molecule has 0 rings (SSSR count). The van der Waals surface area contributed by atoms with Crippen molar-refractivity contribution in [2.75, 3.05) is 25.1 Å². The van der Waals surface area contributed by atoms with Gasteiger partial charge >= 0.3 is 5.97 Å². The third-order valence-electron chi connectivity index (χ3n) is 2.63. The minimum Gasteiger partial charge on any atom is -0.480 e. The molecule has 22 heavy (non-hydrogen) atoms. The summed E-state index contributed by atoms with van der Waals surface area (Å²) in [4.78, 5) is 35.0. The number of nitrogens with one attached hydrogen (secondary N) is 1. The number of nitrogens with two attached hydrogens (primary N) is 1. The number of carboxylic acids is 1. The maximum absolute atomic E-state index is 11.9. The summed E-state index contributed by atoms with van der Waals surface area (Å²) < 4.78 is 0. The Morgan fingerprint density at radius 1 is 1.55 bits per heavy atom. The van der Waals surface area contributed by atoms with Crippen molar-refractivity contribution in [2.24, 2.45) is 5.73 Å². The van der Waals surface area contributed by atoms with Crippen molar-refractivity contribution in [2.45, 2.75) is 18.9 Å². The molecule has 0 aliphatic heterocycles. The van der Waals surface area contributed by atoms with Gasteiger partial charge in [-0.05, 0) is 31.4 Å². The number of rotatable bonds is 11. The van der Waals surface area contributed by atoms with E-state index >= 15 is 0 Å².